The van der Waals surface area contributed by atoms with Crippen LogP contribution in [0.5, 0.6) is 11.5 Å². The Bertz CT molecular complexity index is 1390. The van der Waals surface area contributed by atoms with Gasteiger partial charge >= 0.3 is 5.97 Å². The number of ketones is 2. The fraction of sp³-hybridized carbons (Fsp3) is 0.290. The standard InChI is InChI=1S/C31H31NO7/c1-2-3-4-5-6-11-25(39-26(35)16-19-12-14-20(15-13-19)32-18-33)23-17-24(34)27-28(31(23)38)30(37)22-10-8-7-9-21(22)29(27)36/h7-10,12-15,17-18,25,34,38H,2-6,11,16H2,1H3,(H,32,33). The number of rotatable bonds is 12. The van der Waals surface area contributed by atoms with Gasteiger partial charge in [0.1, 0.15) is 17.6 Å². The summed E-state index contributed by atoms with van der Waals surface area (Å²) >= 11 is 0. The lowest BCUT2D eigenvalue weighted by molar-refractivity contribution is -0.149. The Kier molecular flexibility index (Phi) is 8.76. The number of amides is 1. The van der Waals surface area contributed by atoms with Crippen LogP contribution in [-0.2, 0) is 20.7 Å². The van der Waals surface area contributed by atoms with Crippen LogP contribution in [0.3, 0.4) is 0 Å². The van der Waals surface area contributed by atoms with Gasteiger partial charge in [0.15, 0.2) is 11.6 Å². The molecule has 8 heteroatoms. The Morgan fingerprint density at radius 1 is 0.923 bits per heavy atom. The highest BCUT2D eigenvalue weighted by atomic mass is 16.5. The minimum Gasteiger partial charge on any atom is -0.507 e. The number of unbranched alkanes of at least 4 members (excludes halogenated alkanes) is 4. The number of phenols is 2. The summed E-state index contributed by atoms with van der Waals surface area (Å²) in [6.45, 7) is 2.11. The van der Waals surface area contributed by atoms with Crippen LogP contribution in [0, 0.1) is 0 Å². The molecule has 3 aromatic carbocycles. The van der Waals surface area contributed by atoms with Crippen molar-refractivity contribution in [2.45, 2.75) is 58.0 Å². The van der Waals surface area contributed by atoms with Crippen molar-refractivity contribution in [1.82, 2.24) is 0 Å². The lowest BCUT2D eigenvalue weighted by Gasteiger charge is -2.24. The summed E-state index contributed by atoms with van der Waals surface area (Å²) in [6.07, 6.45) is 4.64. The summed E-state index contributed by atoms with van der Waals surface area (Å²) in [5, 5.41) is 24.6. The maximum atomic E-state index is 13.3. The van der Waals surface area contributed by atoms with Crippen LogP contribution >= 0.6 is 0 Å². The van der Waals surface area contributed by atoms with Gasteiger partial charge in [-0.15, -0.1) is 0 Å². The van der Waals surface area contributed by atoms with E-state index in [2.05, 4.69) is 12.2 Å². The van der Waals surface area contributed by atoms with Crippen LogP contribution in [0.15, 0.2) is 54.6 Å². The van der Waals surface area contributed by atoms with E-state index in [0.717, 1.165) is 25.7 Å². The SMILES string of the molecule is CCCCCCCC(OC(=O)Cc1ccc(NC=O)cc1)c1cc(O)c2c(c1O)C(=O)c1ccccc1C2=O. The van der Waals surface area contributed by atoms with Crippen molar-refractivity contribution in [3.05, 3.63) is 88.0 Å². The zero-order valence-corrected chi connectivity index (χ0v) is 21.7. The van der Waals surface area contributed by atoms with Gasteiger partial charge < -0.3 is 20.3 Å². The third kappa shape index (κ3) is 6.00. The molecule has 0 saturated carbocycles. The molecule has 1 atom stereocenters. The molecule has 0 saturated heterocycles. The summed E-state index contributed by atoms with van der Waals surface area (Å²) in [7, 11) is 0. The minimum atomic E-state index is -0.939. The van der Waals surface area contributed by atoms with Gasteiger partial charge in [0.25, 0.3) is 0 Å². The van der Waals surface area contributed by atoms with Crippen molar-refractivity contribution in [3.8, 4) is 11.5 Å². The first kappa shape index (κ1) is 27.6. The first-order chi connectivity index (χ1) is 18.8. The fourth-order valence-electron chi connectivity index (χ4n) is 4.89. The van der Waals surface area contributed by atoms with Gasteiger partial charge in [0.2, 0.25) is 6.41 Å². The molecule has 4 rings (SSSR count). The maximum absolute atomic E-state index is 13.3. The third-order valence-electron chi connectivity index (χ3n) is 6.90. The van der Waals surface area contributed by atoms with Crippen LogP contribution < -0.4 is 5.32 Å². The van der Waals surface area contributed by atoms with Crippen molar-refractivity contribution in [1.29, 1.82) is 0 Å². The maximum Gasteiger partial charge on any atom is 0.310 e. The number of phenolic OH excluding ortho intramolecular Hbond substituents is 2. The van der Waals surface area contributed by atoms with Crippen LogP contribution in [0.2, 0.25) is 0 Å². The molecule has 39 heavy (non-hydrogen) atoms. The predicted molar refractivity (Wildman–Crippen MR) is 145 cm³/mol. The molecular weight excluding hydrogens is 498 g/mol. The topological polar surface area (TPSA) is 130 Å². The third-order valence-corrected chi connectivity index (χ3v) is 6.90. The molecule has 1 unspecified atom stereocenters. The number of esters is 1. The number of aromatic hydroxyl groups is 2. The second-order valence-corrected chi connectivity index (χ2v) is 9.60. The molecule has 3 N–H and O–H groups in total. The van der Waals surface area contributed by atoms with Crippen molar-refractivity contribution in [2.24, 2.45) is 0 Å². The van der Waals surface area contributed by atoms with Crippen molar-refractivity contribution in [2.75, 3.05) is 5.32 Å². The average Bonchev–Trinajstić information content (AvgIpc) is 2.93. The van der Waals surface area contributed by atoms with E-state index in [1.54, 1.807) is 36.4 Å². The number of ether oxygens (including phenoxy) is 1. The number of hydrogen-bond donors (Lipinski definition) is 3. The number of anilines is 1. The Labute approximate surface area is 226 Å². The van der Waals surface area contributed by atoms with Gasteiger partial charge in [0, 0.05) is 22.4 Å². The highest BCUT2D eigenvalue weighted by Gasteiger charge is 2.37. The van der Waals surface area contributed by atoms with E-state index in [0.29, 0.717) is 30.5 Å². The molecule has 3 aromatic rings. The first-order valence-corrected chi connectivity index (χ1v) is 13.1. The molecule has 0 heterocycles. The molecule has 1 aliphatic rings. The summed E-state index contributed by atoms with van der Waals surface area (Å²) in [5.41, 5.74) is 1.10. The Morgan fingerprint density at radius 2 is 1.56 bits per heavy atom. The second kappa shape index (κ2) is 12.4. The lowest BCUT2D eigenvalue weighted by atomic mass is 9.81. The van der Waals surface area contributed by atoms with Crippen LogP contribution in [0.4, 0.5) is 5.69 Å². The van der Waals surface area contributed by atoms with Gasteiger partial charge in [0.05, 0.1) is 17.5 Å². The average molecular weight is 530 g/mol. The fourth-order valence-corrected chi connectivity index (χ4v) is 4.89. The minimum absolute atomic E-state index is 0.0593. The van der Waals surface area contributed by atoms with Crippen LogP contribution in [0.1, 0.15) is 94.5 Å². The molecular formula is C31H31NO7. The number of carbonyl (C=O) groups excluding carboxylic acids is 4. The first-order valence-electron chi connectivity index (χ1n) is 13.1. The molecule has 8 nitrogen and oxygen atoms in total. The van der Waals surface area contributed by atoms with Crippen LogP contribution in [-0.4, -0.2) is 34.2 Å². The molecule has 0 aliphatic heterocycles. The van der Waals surface area contributed by atoms with Crippen LogP contribution in [0.25, 0.3) is 0 Å². The van der Waals surface area contributed by atoms with Crippen molar-refractivity contribution in [3.63, 3.8) is 0 Å². The van der Waals surface area contributed by atoms with Crippen molar-refractivity contribution < 1.29 is 34.1 Å². The quantitative estimate of drug-likeness (QED) is 0.0938. The number of hydrogen-bond acceptors (Lipinski definition) is 7. The highest BCUT2D eigenvalue weighted by Crippen LogP contribution is 2.43. The van der Waals surface area contributed by atoms with Crippen molar-refractivity contribution >= 4 is 29.6 Å². The number of fused-ring (bicyclic) bond motifs is 2. The zero-order valence-electron chi connectivity index (χ0n) is 21.7. The molecule has 0 bridgehead atoms. The zero-order chi connectivity index (χ0) is 27.9. The molecule has 0 radical (unpaired) electrons. The van der Waals surface area contributed by atoms with Gasteiger partial charge in [-0.05, 0) is 36.6 Å². The number of carbonyl (C=O) groups is 4. The Morgan fingerprint density at radius 3 is 2.21 bits per heavy atom. The molecule has 0 spiro atoms. The Balaban J connectivity index is 1.63. The van der Waals surface area contributed by atoms with E-state index in [-0.39, 0.29) is 34.2 Å². The lowest BCUT2D eigenvalue weighted by Crippen LogP contribution is -2.22. The van der Waals surface area contributed by atoms with Gasteiger partial charge in [-0.25, -0.2) is 0 Å². The number of nitrogens with one attached hydrogen (secondary N) is 1. The van der Waals surface area contributed by atoms with E-state index in [1.165, 1.54) is 18.2 Å². The molecule has 1 amide bonds. The summed E-state index contributed by atoms with van der Waals surface area (Å²) in [5.74, 6) is -2.61. The molecule has 0 aromatic heterocycles. The van der Waals surface area contributed by atoms with E-state index >= 15 is 0 Å². The monoisotopic (exact) mass is 529 g/mol. The second-order valence-electron chi connectivity index (χ2n) is 9.60. The van der Waals surface area contributed by atoms with E-state index < -0.39 is 35.1 Å². The van der Waals surface area contributed by atoms with E-state index in [4.69, 9.17) is 4.74 Å². The summed E-state index contributed by atoms with van der Waals surface area (Å²) in [4.78, 5) is 50.0. The predicted octanol–water partition coefficient (Wildman–Crippen LogP) is 5.63. The van der Waals surface area contributed by atoms with Gasteiger partial charge in [-0.2, -0.15) is 0 Å². The highest BCUT2D eigenvalue weighted by molar-refractivity contribution is 6.30. The molecule has 1 aliphatic carbocycles. The molecule has 202 valence electrons. The normalized spacial score (nSPS) is 12.8. The van der Waals surface area contributed by atoms with Gasteiger partial charge in [-0.3, -0.25) is 19.2 Å². The smallest absolute Gasteiger partial charge is 0.310 e. The summed E-state index contributed by atoms with van der Waals surface area (Å²) in [6, 6.07) is 14.2. The van der Waals surface area contributed by atoms with Gasteiger partial charge in [-0.1, -0.05) is 69.0 Å². The Hall–Kier alpha value is -4.46. The summed E-state index contributed by atoms with van der Waals surface area (Å²) < 4.78 is 5.81. The number of benzene rings is 3. The largest absolute Gasteiger partial charge is 0.507 e. The van der Waals surface area contributed by atoms with E-state index in [1.807, 2.05) is 0 Å². The molecule has 0 fully saturated rings. The van der Waals surface area contributed by atoms with E-state index in [9.17, 15) is 29.4 Å².